The maximum Gasteiger partial charge on any atom is 0.273 e. The lowest BCUT2D eigenvalue weighted by Crippen LogP contribution is -2.46. The van der Waals surface area contributed by atoms with Gasteiger partial charge in [0.15, 0.2) is 0 Å². The van der Waals surface area contributed by atoms with Gasteiger partial charge in [-0.05, 0) is 30.7 Å². The van der Waals surface area contributed by atoms with Crippen LogP contribution in [0.3, 0.4) is 0 Å². The number of methoxy groups -OCH3 is 1. The third kappa shape index (κ3) is 4.65. The molecule has 0 saturated heterocycles. The van der Waals surface area contributed by atoms with Crippen molar-refractivity contribution < 1.29 is 23.1 Å². The number of hydrogen-bond donors (Lipinski definition) is 1. The molecule has 30 heavy (non-hydrogen) atoms. The van der Waals surface area contributed by atoms with E-state index in [4.69, 9.17) is 15.5 Å². The number of hydrogen-bond acceptors (Lipinski definition) is 6. The first-order valence-corrected chi connectivity index (χ1v) is 9.71. The number of benzene rings is 2. The molecule has 2 aromatic rings. The van der Waals surface area contributed by atoms with Crippen molar-refractivity contribution in [1.29, 1.82) is 0 Å². The molecule has 1 aliphatic rings. The molecule has 1 heterocycles. The third-order valence-electron chi connectivity index (χ3n) is 4.65. The van der Waals surface area contributed by atoms with Gasteiger partial charge in [0.2, 0.25) is 0 Å². The Morgan fingerprint density at radius 3 is 2.60 bits per heavy atom. The van der Waals surface area contributed by atoms with Crippen LogP contribution in [0, 0.1) is 11.6 Å². The largest absolute Gasteiger partial charge is 0.372 e. The van der Waals surface area contributed by atoms with E-state index in [-0.39, 0.29) is 36.0 Å². The van der Waals surface area contributed by atoms with Gasteiger partial charge in [-0.3, -0.25) is 4.79 Å². The highest BCUT2D eigenvalue weighted by Gasteiger charge is 2.49. The van der Waals surface area contributed by atoms with Crippen LogP contribution in [0.2, 0.25) is 0 Å². The second kappa shape index (κ2) is 10.3. The SMILES string of the molecule is COC(C)C(=O)N1N=C(c2cc(F)ccc2F)SC1(CCON)c1ccccc1.Cl. The molecule has 1 aliphatic heterocycles. The number of carbonyl (C=O) groups excluding carboxylic acids is 1. The first-order chi connectivity index (χ1) is 13.9. The Hall–Kier alpha value is -2.04. The van der Waals surface area contributed by atoms with Crippen LogP contribution in [0.1, 0.15) is 24.5 Å². The van der Waals surface area contributed by atoms with Crippen LogP contribution >= 0.6 is 24.2 Å². The molecular weight excluding hydrogens is 436 g/mol. The van der Waals surface area contributed by atoms with Crippen molar-refractivity contribution in [2.45, 2.75) is 24.3 Å². The quantitative estimate of drug-likeness (QED) is 0.640. The van der Waals surface area contributed by atoms with Gasteiger partial charge in [-0.2, -0.15) is 5.10 Å². The first kappa shape index (κ1) is 24.2. The zero-order valence-corrected chi connectivity index (χ0v) is 18.0. The van der Waals surface area contributed by atoms with Gasteiger partial charge in [0.1, 0.15) is 27.7 Å². The molecule has 0 spiro atoms. The van der Waals surface area contributed by atoms with Crippen molar-refractivity contribution in [2.24, 2.45) is 11.0 Å². The molecule has 0 saturated carbocycles. The molecular formula is C20H22ClF2N3O3S. The number of thioether (sulfide) groups is 1. The molecule has 10 heteroatoms. The molecule has 2 atom stereocenters. The van der Waals surface area contributed by atoms with E-state index in [1.165, 1.54) is 12.1 Å². The first-order valence-electron chi connectivity index (χ1n) is 8.90. The van der Waals surface area contributed by atoms with E-state index in [2.05, 4.69) is 5.10 Å². The van der Waals surface area contributed by atoms with Gasteiger partial charge >= 0.3 is 0 Å². The van der Waals surface area contributed by atoms with Crippen LogP contribution < -0.4 is 5.90 Å². The number of carbonyl (C=O) groups is 1. The van der Waals surface area contributed by atoms with E-state index < -0.39 is 28.5 Å². The van der Waals surface area contributed by atoms with Crippen LogP contribution in [0.25, 0.3) is 0 Å². The number of ether oxygens (including phenoxy) is 1. The van der Waals surface area contributed by atoms with Crippen LogP contribution in [0.5, 0.6) is 0 Å². The predicted molar refractivity (Wildman–Crippen MR) is 114 cm³/mol. The number of hydrazone groups is 1. The van der Waals surface area contributed by atoms with E-state index >= 15 is 0 Å². The topological polar surface area (TPSA) is 77.1 Å². The lowest BCUT2D eigenvalue weighted by Gasteiger charge is -2.36. The lowest BCUT2D eigenvalue weighted by atomic mass is 10.0. The number of halogens is 3. The fourth-order valence-corrected chi connectivity index (χ4v) is 4.41. The fraction of sp³-hybridized carbons (Fsp3) is 0.300. The van der Waals surface area contributed by atoms with E-state index in [0.717, 1.165) is 35.5 Å². The smallest absolute Gasteiger partial charge is 0.273 e. The Labute approximate surface area is 183 Å². The Morgan fingerprint density at radius 2 is 1.97 bits per heavy atom. The summed E-state index contributed by atoms with van der Waals surface area (Å²) in [6, 6.07) is 12.3. The highest BCUT2D eigenvalue weighted by molar-refractivity contribution is 8.15. The monoisotopic (exact) mass is 457 g/mol. The van der Waals surface area contributed by atoms with Gasteiger partial charge in [0, 0.05) is 19.1 Å². The van der Waals surface area contributed by atoms with E-state index in [1.54, 1.807) is 6.92 Å². The number of nitrogens with two attached hydrogens (primary N) is 1. The minimum Gasteiger partial charge on any atom is -0.372 e. The summed E-state index contributed by atoms with van der Waals surface area (Å²) in [7, 11) is 1.41. The van der Waals surface area contributed by atoms with Gasteiger partial charge < -0.3 is 9.57 Å². The summed E-state index contributed by atoms with van der Waals surface area (Å²) in [5.41, 5.74) is 0.721. The Morgan fingerprint density at radius 1 is 1.27 bits per heavy atom. The van der Waals surface area contributed by atoms with Crippen molar-refractivity contribution in [1.82, 2.24) is 5.01 Å². The zero-order chi connectivity index (χ0) is 21.0. The average Bonchev–Trinajstić information content (AvgIpc) is 3.14. The van der Waals surface area contributed by atoms with Crippen molar-refractivity contribution in [3.8, 4) is 0 Å². The summed E-state index contributed by atoms with van der Waals surface area (Å²) in [6.07, 6.45) is -0.525. The molecule has 0 aromatic heterocycles. The Bertz CT molecular complexity index is 919. The van der Waals surface area contributed by atoms with Gasteiger partial charge in [0.25, 0.3) is 5.91 Å². The van der Waals surface area contributed by atoms with Gasteiger partial charge in [-0.15, -0.1) is 12.4 Å². The molecule has 2 N–H and O–H groups in total. The molecule has 0 fully saturated rings. The molecule has 162 valence electrons. The summed E-state index contributed by atoms with van der Waals surface area (Å²) >= 11 is 1.15. The number of amides is 1. The summed E-state index contributed by atoms with van der Waals surface area (Å²) in [5, 5.41) is 5.84. The van der Waals surface area contributed by atoms with Crippen molar-refractivity contribution in [3.05, 3.63) is 71.3 Å². The number of rotatable bonds is 7. The Balaban J connectivity index is 0.00000320. The van der Waals surface area contributed by atoms with Crippen molar-refractivity contribution >= 4 is 35.1 Å². The molecule has 6 nitrogen and oxygen atoms in total. The highest BCUT2D eigenvalue weighted by atomic mass is 35.5. The Kier molecular flexibility index (Phi) is 8.34. The van der Waals surface area contributed by atoms with Crippen LogP contribution in [-0.2, 0) is 19.2 Å². The lowest BCUT2D eigenvalue weighted by molar-refractivity contribution is -0.145. The van der Waals surface area contributed by atoms with Crippen LogP contribution in [0.4, 0.5) is 8.78 Å². The maximum absolute atomic E-state index is 14.4. The second-order valence-electron chi connectivity index (χ2n) is 6.43. The molecule has 0 bridgehead atoms. The average molecular weight is 458 g/mol. The molecule has 0 radical (unpaired) electrons. The van der Waals surface area contributed by atoms with E-state index in [1.807, 2.05) is 30.3 Å². The number of nitrogens with zero attached hydrogens (tertiary/aromatic N) is 2. The van der Waals surface area contributed by atoms with E-state index in [9.17, 15) is 13.6 Å². The highest BCUT2D eigenvalue weighted by Crippen LogP contribution is 2.50. The third-order valence-corrected chi connectivity index (χ3v) is 6.10. The minimum atomic E-state index is -1.06. The zero-order valence-electron chi connectivity index (χ0n) is 16.4. The minimum absolute atomic E-state index is 0. The summed E-state index contributed by atoms with van der Waals surface area (Å²) < 4.78 is 33.4. The van der Waals surface area contributed by atoms with Crippen molar-refractivity contribution in [3.63, 3.8) is 0 Å². The van der Waals surface area contributed by atoms with Gasteiger partial charge in [0.05, 0.1) is 6.61 Å². The molecule has 3 rings (SSSR count). The summed E-state index contributed by atoms with van der Waals surface area (Å²) in [4.78, 5) is 16.8. The normalized spacial score (nSPS) is 19.2. The van der Waals surface area contributed by atoms with Crippen LogP contribution in [0.15, 0.2) is 53.6 Å². The molecule has 2 aromatic carbocycles. The molecule has 0 aliphatic carbocycles. The predicted octanol–water partition coefficient (Wildman–Crippen LogP) is 3.79. The van der Waals surface area contributed by atoms with Crippen LogP contribution in [-0.4, -0.2) is 35.8 Å². The van der Waals surface area contributed by atoms with Crippen molar-refractivity contribution in [2.75, 3.05) is 13.7 Å². The molecule has 1 amide bonds. The van der Waals surface area contributed by atoms with Gasteiger partial charge in [-0.1, -0.05) is 42.1 Å². The summed E-state index contributed by atoms with van der Waals surface area (Å²) in [6.45, 7) is 1.71. The molecule has 2 unspecified atom stereocenters. The standard InChI is InChI=1S/C20H21F2N3O3S.ClH/c1-13(27-2)19(26)25-20(10-11-28-23,14-6-4-3-5-7-14)29-18(24-25)16-12-15(21)8-9-17(16)22;/h3-9,12-13H,10-11,23H2,1-2H3;1H. The van der Waals surface area contributed by atoms with Gasteiger partial charge in [-0.25, -0.2) is 19.7 Å². The maximum atomic E-state index is 14.4. The van der Waals surface area contributed by atoms with E-state index in [0.29, 0.717) is 0 Å². The fourth-order valence-electron chi connectivity index (χ4n) is 3.04. The second-order valence-corrected chi connectivity index (χ2v) is 7.70. The summed E-state index contributed by atoms with van der Waals surface area (Å²) in [5.74, 6) is 3.60.